The molecule has 160 valence electrons. The maximum absolute atomic E-state index is 12.6. The normalized spacial score (nSPS) is 17.8. The first-order valence-electron chi connectivity index (χ1n) is 9.72. The van der Waals surface area contributed by atoms with Gasteiger partial charge in [0.1, 0.15) is 18.1 Å². The number of hydrogen-bond donors (Lipinski definition) is 0. The lowest BCUT2D eigenvalue weighted by molar-refractivity contribution is -0.385. The van der Waals surface area contributed by atoms with Crippen molar-refractivity contribution in [1.82, 2.24) is 9.80 Å². The Morgan fingerprint density at radius 2 is 1.97 bits per heavy atom. The van der Waals surface area contributed by atoms with Crippen LogP contribution < -0.4 is 0 Å². The van der Waals surface area contributed by atoms with Gasteiger partial charge in [0.2, 0.25) is 5.91 Å². The van der Waals surface area contributed by atoms with Gasteiger partial charge in [0.15, 0.2) is 0 Å². The number of hydrogen-bond acceptors (Lipinski definition) is 7. The number of furan rings is 1. The van der Waals surface area contributed by atoms with Gasteiger partial charge in [-0.3, -0.25) is 29.4 Å². The Kier molecular flexibility index (Phi) is 5.64. The Labute approximate surface area is 181 Å². The zero-order valence-electron chi connectivity index (χ0n) is 16.7. The van der Waals surface area contributed by atoms with Crippen LogP contribution in [0.25, 0.3) is 17.4 Å². The van der Waals surface area contributed by atoms with Crippen molar-refractivity contribution in [3.8, 4) is 11.3 Å². The predicted octanol–water partition coefficient (Wildman–Crippen LogP) is 3.82. The molecule has 31 heavy (non-hydrogen) atoms. The molecule has 10 heteroatoms. The molecule has 0 saturated carbocycles. The van der Waals surface area contributed by atoms with Crippen LogP contribution >= 0.6 is 11.8 Å². The van der Waals surface area contributed by atoms with Crippen molar-refractivity contribution in [3.05, 3.63) is 56.7 Å². The van der Waals surface area contributed by atoms with Crippen LogP contribution in [0.1, 0.15) is 24.2 Å². The third-order valence-corrected chi connectivity index (χ3v) is 6.12. The van der Waals surface area contributed by atoms with Crippen molar-refractivity contribution in [2.75, 3.05) is 19.6 Å². The van der Waals surface area contributed by atoms with Gasteiger partial charge in [0.25, 0.3) is 16.8 Å². The van der Waals surface area contributed by atoms with Crippen LogP contribution in [-0.4, -0.2) is 51.4 Å². The average molecular weight is 441 g/mol. The number of imide groups is 1. The first-order valence-corrected chi connectivity index (χ1v) is 10.5. The molecule has 2 aromatic rings. The molecular weight excluding hydrogens is 422 g/mol. The predicted molar refractivity (Wildman–Crippen MR) is 114 cm³/mol. The standard InChI is InChI=1S/C21H19N3O6S/c1-13-4-5-14(10-16(13)24(28)29)17-7-6-15(30-17)11-18-20(26)23(21(27)31-18)12-19(25)22-8-2-3-9-22/h4-7,10-11H,2-3,8-9,12H2,1H3/b18-11-. The highest BCUT2D eigenvalue weighted by atomic mass is 32.2. The number of aryl methyl sites for hydroxylation is 1. The Morgan fingerprint density at radius 3 is 2.68 bits per heavy atom. The Morgan fingerprint density at radius 1 is 1.23 bits per heavy atom. The zero-order chi connectivity index (χ0) is 22.1. The van der Waals surface area contributed by atoms with Crippen LogP contribution in [0.3, 0.4) is 0 Å². The number of nitro benzene ring substituents is 1. The Bertz CT molecular complexity index is 1120. The van der Waals surface area contributed by atoms with Crippen molar-refractivity contribution >= 4 is 40.6 Å². The molecule has 0 N–H and O–H groups in total. The van der Waals surface area contributed by atoms with Crippen molar-refractivity contribution in [2.45, 2.75) is 19.8 Å². The van der Waals surface area contributed by atoms with E-state index in [9.17, 15) is 24.5 Å². The second kappa shape index (κ2) is 8.38. The van der Waals surface area contributed by atoms with E-state index in [4.69, 9.17) is 4.42 Å². The molecule has 1 aromatic heterocycles. The molecule has 2 aliphatic heterocycles. The zero-order valence-corrected chi connectivity index (χ0v) is 17.5. The number of likely N-dealkylation sites (tertiary alicyclic amines) is 1. The summed E-state index contributed by atoms with van der Waals surface area (Å²) in [6, 6.07) is 8.03. The van der Waals surface area contributed by atoms with Crippen LogP contribution in [0, 0.1) is 17.0 Å². The van der Waals surface area contributed by atoms with Gasteiger partial charge in [-0.15, -0.1) is 0 Å². The van der Waals surface area contributed by atoms with Crippen molar-refractivity contribution in [2.24, 2.45) is 0 Å². The van der Waals surface area contributed by atoms with Crippen LogP contribution in [0.2, 0.25) is 0 Å². The molecule has 0 unspecified atom stereocenters. The van der Waals surface area contributed by atoms with E-state index in [0.29, 0.717) is 35.7 Å². The first kappa shape index (κ1) is 20.9. The molecular formula is C21H19N3O6S. The average Bonchev–Trinajstić information content (AvgIpc) is 3.47. The van der Waals surface area contributed by atoms with Gasteiger partial charge in [-0.1, -0.05) is 12.1 Å². The lowest BCUT2D eigenvalue weighted by Crippen LogP contribution is -2.40. The number of benzene rings is 1. The van der Waals surface area contributed by atoms with E-state index in [1.165, 1.54) is 12.1 Å². The van der Waals surface area contributed by atoms with E-state index in [0.717, 1.165) is 29.5 Å². The summed E-state index contributed by atoms with van der Waals surface area (Å²) >= 11 is 0.753. The minimum Gasteiger partial charge on any atom is -0.457 e. The molecule has 3 heterocycles. The quantitative estimate of drug-likeness (QED) is 0.394. The maximum Gasteiger partial charge on any atom is 0.294 e. The van der Waals surface area contributed by atoms with E-state index in [2.05, 4.69) is 0 Å². The summed E-state index contributed by atoms with van der Waals surface area (Å²) in [5.74, 6) is -0.0406. The summed E-state index contributed by atoms with van der Waals surface area (Å²) in [7, 11) is 0. The molecule has 2 fully saturated rings. The van der Waals surface area contributed by atoms with E-state index < -0.39 is 16.1 Å². The van der Waals surface area contributed by atoms with Gasteiger partial charge in [-0.2, -0.15) is 0 Å². The number of nitro groups is 1. The fraction of sp³-hybridized carbons (Fsp3) is 0.286. The molecule has 3 amide bonds. The number of amides is 3. The third kappa shape index (κ3) is 4.24. The summed E-state index contributed by atoms with van der Waals surface area (Å²) in [5, 5.41) is 10.7. The molecule has 2 aliphatic rings. The molecule has 0 radical (unpaired) electrons. The lowest BCUT2D eigenvalue weighted by Gasteiger charge is -2.18. The monoisotopic (exact) mass is 441 g/mol. The van der Waals surface area contributed by atoms with Gasteiger partial charge in [-0.05, 0) is 43.7 Å². The van der Waals surface area contributed by atoms with Gasteiger partial charge in [0, 0.05) is 36.4 Å². The summed E-state index contributed by atoms with van der Waals surface area (Å²) in [5.41, 5.74) is 1.05. The summed E-state index contributed by atoms with van der Waals surface area (Å²) < 4.78 is 5.72. The van der Waals surface area contributed by atoms with E-state index in [-0.39, 0.29) is 23.0 Å². The van der Waals surface area contributed by atoms with Crippen LogP contribution in [0.5, 0.6) is 0 Å². The second-order valence-electron chi connectivity index (χ2n) is 7.32. The number of thioether (sulfide) groups is 1. The summed E-state index contributed by atoms with van der Waals surface area (Å²) in [6.07, 6.45) is 3.30. The van der Waals surface area contributed by atoms with Gasteiger partial charge in [0.05, 0.1) is 9.83 Å². The molecule has 2 saturated heterocycles. The van der Waals surface area contributed by atoms with Crippen LogP contribution in [0.4, 0.5) is 10.5 Å². The highest BCUT2D eigenvalue weighted by molar-refractivity contribution is 8.18. The van der Waals surface area contributed by atoms with Gasteiger partial charge in [-0.25, -0.2) is 0 Å². The topological polar surface area (TPSA) is 114 Å². The maximum atomic E-state index is 12.6. The van der Waals surface area contributed by atoms with E-state index in [1.54, 1.807) is 36.1 Å². The SMILES string of the molecule is Cc1ccc(-c2ccc(/C=C3\SC(=O)N(CC(=O)N4CCCC4)C3=O)o2)cc1[N+](=O)[O-]. The Hall–Kier alpha value is -3.40. The fourth-order valence-corrected chi connectivity index (χ4v) is 4.33. The fourth-order valence-electron chi connectivity index (χ4n) is 3.51. The highest BCUT2D eigenvalue weighted by Gasteiger charge is 2.37. The highest BCUT2D eigenvalue weighted by Crippen LogP contribution is 2.34. The molecule has 0 bridgehead atoms. The van der Waals surface area contributed by atoms with Crippen molar-refractivity contribution in [3.63, 3.8) is 0 Å². The molecule has 4 rings (SSSR count). The molecule has 1 aromatic carbocycles. The summed E-state index contributed by atoms with van der Waals surface area (Å²) in [6.45, 7) is 2.69. The van der Waals surface area contributed by atoms with E-state index >= 15 is 0 Å². The van der Waals surface area contributed by atoms with Crippen molar-refractivity contribution < 1.29 is 23.7 Å². The smallest absolute Gasteiger partial charge is 0.294 e. The lowest BCUT2D eigenvalue weighted by atomic mass is 10.1. The Balaban J connectivity index is 1.51. The molecule has 0 atom stereocenters. The third-order valence-electron chi connectivity index (χ3n) is 5.22. The van der Waals surface area contributed by atoms with E-state index in [1.807, 2.05) is 0 Å². The van der Waals surface area contributed by atoms with Crippen LogP contribution in [-0.2, 0) is 9.59 Å². The number of carbonyl (C=O) groups is 3. The second-order valence-corrected chi connectivity index (χ2v) is 8.31. The minimum absolute atomic E-state index is 0.0146. The largest absolute Gasteiger partial charge is 0.457 e. The first-order chi connectivity index (χ1) is 14.8. The van der Waals surface area contributed by atoms with Crippen LogP contribution in [0.15, 0.2) is 39.7 Å². The number of carbonyl (C=O) groups excluding carboxylic acids is 3. The number of rotatable bonds is 5. The van der Waals surface area contributed by atoms with Gasteiger partial charge < -0.3 is 9.32 Å². The summed E-state index contributed by atoms with van der Waals surface area (Å²) in [4.78, 5) is 50.7. The molecule has 0 aliphatic carbocycles. The van der Waals surface area contributed by atoms with Crippen molar-refractivity contribution in [1.29, 1.82) is 0 Å². The minimum atomic E-state index is -0.536. The molecule has 0 spiro atoms. The molecule has 9 nitrogen and oxygen atoms in total. The van der Waals surface area contributed by atoms with Gasteiger partial charge >= 0.3 is 0 Å². The number of nitrogens with zero attached hydrogens (tertiary/aromatic N) is 3.